The predicted molar refractivity (Wildman–Crippen MR) is 85.3 cm³/mol. The Kier molecular flexibility index (Phi) is 6.89. The Morgan fingerprint density at radius 3 is 2.50 bits per heavy atom. The number of hydrogen-bond acceptors (Lipinski definition) is 3. The Balaban J connectivity index is 1.68. The molecule has 3 heteroatoms. The topological polar surface area (TPSA) is 24.5 Å². The maximum absolute atomic E-state index is 5.05. The van der Waals surface area contributed by atoms with Crippen molar-refractivity contribution in [2.24, 2.45) is 0 Å². The van der Waals surface area contributed by atoms with E-state index in [9.17, 15) is 0 Å². The van der Waals surface area contributed by atoms with Gasteiger partial charge in [-0.15, -0.1) is 0 Å². The molecule has 0 amide bonds. The van der Waals surface area contributed by atoms with Gasteiger partial charge in [0.1, 0.15) is 0 Å². The first-order valence-corrected chi connectivity index (χ1v) is 7.94. The van der Waals surface area contributed by atoms with E-state index in [1.54, 1.807) is 7.11 Å². The summed E-state index contributed by atoms with van der Waals surface area (Å²) in [5.74, 6) is 0. The molecular weight excluding hydrogens is 248 g/mol. The van der Waals surface area contributed by atoms with Crippen LogP contribution in [0.4, 0.5) is 5.69 Å². The summed E-state index contributed by atoms with van der Waals surface area (Å²) in [5, 5.41) is 3.49. The van der Waals surface area contributed by atoms with Crippen LogP contribution in [0, 0.1) is 0 Å². The van der Waals surface area contributed by atoms with E-state index in [4.69, 9.17) is 4.74 Å². The summed E-state index contributed by atoms with van der Waals surface area (Å²) >= 11 is 0. The molecule has 3 nitrogen and oxygen atoms in total. The number of benzene rings is 1. The number of unbranched alkanes of at least 4 members (excludes halogenated alkanes) is 1. The van der Waals surface area contributed by atoms with Gasteiger partial charge in [-0.3, -0.25) is 0 Å². The van der Waals surface area contributed by atoms with Crippen molar-refractivity contribution in [2.75, 3.05) is 38.3 Å². The van der Waals surface area contributed by atoms with Crippen molar-refractivity contribution >= 4 is 5.69 Å². The van der Waals surface area contributed by atoms with E-state index in [-0.39, 0.29) is 0 Å². The Labute approximate surface area is 123 Å². The third-order valence-corrected chi connectivity index (χ3v) is 3.94. The van der Waals surface area contributed by atoms with Crippen molar-refractivity contribution in [1.29, 1.82) is 0 Å². The lowest BCUT2D eigenvalue weighted by Crippen LogP contribution is -2.29. The van der Waals surface area contributed by atoms with E-state index in [0.717, 1.165) is 26.1 Å². The number of nitrogens with zero attached hydrogens (tertiary/aromatic N) is 1. The number of rotatable bonds is 8. The predicted octanol–water partition coefficient (Wildman–Crippen LogP) is 3.19. The minimum Gasteiger partial charge on any atom is -0.385 e. The smallest absolute Gasteiger partial charge is 0.0462 e. The number of anilines is 1. The van der Waals surface area contributed by atoms with Gasteiger partial charge in [-0.25, -0.2) is 0 Å². The maximum Gasteiger partial charge on any atom is 0.0462 e. The largest absolute Gasteiger partial charge is 0.385 e. The number of methoxy groups -OCH3 is 1. The number of ether oxygens (including phenoxy) is 1. The number of piperidine rings is 1. The van der Waals surface area contributed by atoms with Crippen molar-refractivity contribution in [2.45, 2.75) is 38.6 Å². The molecule has 20 heavy (non-hydrogen) atoms. The SMILES string of the molecule is COCCCCNCc1ccc(N2CCCCC2)cc1. The molecule has 0 spiro atoms. The summed E-state index contributed by atoms with van der Waals surface area (Å²) in [5.41, 5.74) is 2.76. The van der Waals surface area contributed by atoms with Crippen molar-refractivity contribution in [1.82, 2.24) is 5.32 Å². The van der Waals surface area contributed by atoms with E-state index >= 15 is 0 Å². The molecule has 0 aromatic heterocycles. The van der Waals surface area contributed by atoms with Crippen LogP contribution in [-0.2, 0) is 11.3 Å². The quantitative estimate of drug-likeness (QED) is 0.738. The molecule has 0 aliphatic carbocycles. The van der Waals surface area contributed by atoms with Crippen molar-refractivity contribution < 1.29 is 4.74 Å². The van der Waals surface area contributed by atoms with E-state index < -0.39 is 0 Å². The van der Waals surface area contributed by atoms with Crippen LogP contribution in [0.1, 0.15) is 37.7 Å². The summed E-state index contributed by atoms with van der Waals surface area (Å²) in [4.78, 5) is 2.51. The molecule has 0 radical (unpaired) electrons. The summed E-state index contributed by atoms with van der Waals surface area (Å²) in [7, 11) is 1.76. The van der Waals surface area contributed by atoms with Crippen LogP contribution in [-0.4, -0.2) is 33.4 Å². The van der Waals surface area contributed by atoms with E-state index in [1.807, 2.05) is 0 Å². The molecule has 1 N–H and O–H groups in total. The first kappa shape index (κ1) is 15.3. The molecule has 0 atom stereocenters. The van der Waals surface area contributed by atoms with Crippen molar-refractivity contribution in [3.05, 3.63) is 29.8 Å². The lowest BCUT2D eigenvalue weighted by atomic mass is 10.1. The highest BCUT2D eigenvalue weighted by Crippen LogP contribution is 2.20. The first-order chi connectivity index (χ1) is 9.90. The first-order valence-electron chi connectivity index (χ1n) is 7.94. The number of hydrogen-bond donors (Lipinski definition) is 1. The highest BCUT2D eigenvalue weighted by molar-refractivity contribution is 5.47. The molecule has 1 aromatic rings. The van der Waals surface area contributed by atoms with Gasteiger partial charge in [0.05, 0.1) is 0 Å². The molecule has 0 saturated carbocycles. The zero-order chi connectivity index (χ0) is 14.0. The fourth-order valence-corrected chi connectivity index (χ4v) is 2.71. The normalized spacial score (nSPS) is 15.6. The van der Waals surface area contributed by atoms with Gasteiger partial charge in [0.15, 0.2) is 0 Å². The molecule has 1 aromatic carbocycles. The summed E-state index contributed by atoms with van der Waals surface area (Å²) in [6, 6.07) is 9.05. The molecule has 2 rings (SSSR count). The van der Waals surface area contributed by atoms with Crippen LogP contribution in [0.25, 0.3) is 0 Å². The van der Waals surface area contributed by atoms with Gasteiger partial charge < -0.3 is 15.0 Å². The Morgan fingerprint density at radius 2 is 1.80 bits per heavy atom. The molecule has 0 bridgehead atoms. The average molecular weight is 276 g/mol. The summed E-state index contributed by atoms with van der Waals surface area (Å²) in [6.07, 6.45) is 6.38. The molecular formula is C17H28N2O. The van der Waals surface area contributed by atoms with Crippen molar-refractivity contribution in [3.63, 3.8) is 0 Å². The fourth-order valence-electron chi connectivity index (χ4n) is 2.71. The van der Waals surface area contributed by atoms with Gasteiger partial charge in [0.25, 0.3) is 0 Å². The molecule has 1 aliphatic rings. The lowest BCUT2D eigenvalue weighted by molar-refractivity contribution is 0.192. The zero-order valence-electron chi connectivity index (χ0n) is 12.7. The molecule has 1 saturated heterocycles. The van der Waals surface area contributed by atoms with Gasteiger partial charge in [-0.05, 0) is 56.3 Å². The van der Waals surface area contributed by atoms with Gasteiger partial charge in [0, 0.05) is 39.0 Å². The monoisotopic (exact) mass is 276 g/mol. The highest BCUT2D eigenvalue weighted by atomic mass is 16.5. The molecule has 1 heterocycles. The second-order valence-corrected chi connectivity index (χ2v) is 5.59. The third kappa shape index (κ3) is 5.14. The van der Waals surface area contributed by atoms with Crippen LogP contribution in [0.2, 0.25) is 0 Å². The summed E-state index contributed by atoms with van der Waals surface area (Å²) < 4.78 is 5.05. The van der Waals surface area contributed by atoms with Crippen LogP contribution in [0.3, 0.4) is 0 Å². The van der Waals surface area contributed by atoms with E-state index in [2.05, 4.69) is 34.5 Å². The standard InChI is InChI=1S/C17H28N2O/c1-20-14-6-3-11-18-15-16-7-9-17(10-8-16)19-12-4-2-5-13-19/h7-10,18H,2-6,11-15H2,1H3. The van der Waals surface area contributed by atoms with Crippen LogP contribution >= 0.6 is 0 Å². The second kappa shape index (κ2) is 8.98. The lowest BCUT2D eigenvalue weighted by Gasteiger charge is -2.28. The van der Waals surface area contributed by atoms with Crippen LogP contribution in [0.5, 0.6) is 0 Å². The van der Waals surface area contributed by atoms with Gasteiger partial charge >= 0.3 is 0 Å². The zero-order valence-corrected chi connectivity index (χ0v) is 12.7. The Hall–Kier alpha value is -1.06. The molecule has 1 aliphatic heterocycles. The minimum atomic E-state index is 0.867. The highest BCUT2D eigenvalue weighted by Gasteiger charge is 2.10. The second-order valence-electron chi connectivity index (χ2n) is 5.59. The average Bonchev–Trinajstić information content (AvgIpc) is 2.52. The Morgan fingerprint density at radius 1 is 1.05 bits per heavy atom. The van der Waals surface area contributed by atoms with Crippen molar-refractivity contribution in [3.8, 4) is 0 Å². The molecule has 1 fully saturated rings. The fraction of sp³-hybridized carbons (Fsp3) is 0.647. The molecule has 112 valence electrons. The Bertz CT molecular complexity index is 358. The van der Waals surface area contributed by atoms with Gasteiger partial charge in [-0.2, -0.15) is 0 Å². The van der Waals surface area contributed by atoms with Gasteiger partial charge in [0.2, 0.25) is 0 Å². The van der Waals surface area contributed by atoms with E-state index in [1.165, 1.54) is 50.0 Å². The summed E-state index contributed by atoms with van der Waals surface area (Å²) in [6.45, 7) is 5.34. The number of nitrogens with one attached hydrogen (secondary N) is 1. The van der Waals surface area contributed by atoms with Crippen LogP contribution in [0.15, 0.2) is 24.3 Å². The van der Waals surface area contributed by atoms with Crippen LogP contribution < -0.4 is 10.2 Å². The molecule has 0 unspecified atom stereocenters. The van der Waals surface area contributed by atoms with E-state index in [0.29, 0.717) is 0 Å². The van der Waals surface area contributed by atoms with Gasteiger partial charge in [-0.1, -0.05) is 12.1 Å². The minimum absolute atomic E-state index is 0.867. The maximum atomic E-state index is 5.05. The third-order valence-electron chi connectivity index (χ3n) is 3.94.